The average Bonchev–Trinajstić information content (AvgIpc) is 2.66. The highest BCUT2D eigenvalue weighted by Gasteiger charge is 2.18. The quantitative estimate of drug-likeness (QED) is 0.379. The van der Waals surface area contributed by atoms with Gasteiger partial charge in [-0.3, -0.25) is 15.4 Å². The second-order valence-corrected chi connectivity index (χ2v) is 5.88. The van der Waals surface area contributed by atoms with Gasteiger partial charge in [-0.05, 0) is 6.07 Å². The first kappa shape index (κ1) is 14.3. The molecule has 1 aromatic carbocycles. The Morgan fingerprint density at radius 1 is 1.45 bits per heavy atom. The van der Waals surface area contributed by atoms with E-state index in [2.05, 4.69) is 10.3 Å². The third-order valence-electron chi connectivity index (χ3n) is 2.05. The monoisotopic (exact) mass is 318 g/mol. The zero-order valence-electron chi connectivity index (χ0n) is 9.51. The highest BCUT2D eigenvalue weighted by molar-refractivity contribution is 7.50. The van der Waals surface area contributed by atoms with Gasteiger partial charge in [-0.15, -0.1) is 0 Å². The molecule has 0 aliphatic heterocycles. The number of carbonyl (C=O) groups is 1. The summed E-state index contributed by atoms with van der Waals surface area (Å²) in [4.78, 5) is 42.3. The first-order valence-electron chi connectivity index (χ1n) is 4.94. The van der Waals surface area contributed by atoms with Gasteiger partial charge < -0.3 is 9.79 Å². The molecule has 0 radical (unpaired) electrons. The van der Waals surface area contributed by atoms with E-state index in [1.54, 1.807) is 0 Å². The molecule has 4 N–H and O–H groups in total. The third kappa shape index (κ3) is 3.48. The van der Waals surface area contributed by atoms with Crippen molar-refractivity contribution in [3.8, 4) is 0 Å². The molecule has 0 unspecified atom stereocenters. The van der Waals surface area contributed by atoms with Crippen LogP contribution in [0.5, 0.6) is 0 Å². The Kier molecular flexibility index (Phi) is 3.68. The molecule has 12 heteroatoms. The van der Waals surface area contributed by atoms with Gasteiger partial charge in [0.1, 0.15) is 0 Å². The molecule has 0 saturated heterocycles. The van der Waals surface area contributed by atoms with E-state index in [0.717, 1.165) is 11.3 Å². The smallest absolute Gasteiger partial charge is 0.308 e. The summed E-state index contributed by atoms with van der Waals surface area (Å²) in [6, 6.07) is 2.85. The predicted octanol–water partition coefficient (Wildman–Crippen LogP) is 1.42. The van der Waals surface area contributed by atoms with Crippen LogP contribution in [0.25, 0.3) is 10.2 Å². The first-order valence-corrected chi connectivity index (χ1v) is 7.37. The molecule has 20 heavy (non-hydrogen) atoms. The number of aromatic nitrogens is 1. The van der Waals surface area contributed by atoms with Gasteiger partial charge in [0, 0.05) is 12.1 Å². The Labute approximate surface area is 114 Å². The molecule has 0 bridgehead atoms. The van der Waals surface area contributed by atoms with Gasteiger partial charge in [-0.25, -0.2) is 19.4 Å². The van der Waals surface area contributed by atoms with Gasteiger partial charge in [0.25, 0.3) is 5.69 Å². The fourth-order valence-electron chi connectivity index (χ4n) is 1.34. The van der Waals surface area contributed by atoms with Crippen molar-refractivity contribution in [3.05, 3.63) is 28.3 Å². The van der Waals surface area contributed by atoms with Crippen molar-refractivity contribution in [2.45, 2.75) is 0 Å². The Morgan fingerprint density at radius 2 is 2.15 bits per heavy atom. The van der Waals surface area contributed by atoms with Crippen molar-refractivity contribution in [2.75, 3.05) is 5.32 Å². The van der Waals surface area contributed by atoms with Gasteiger partial charge in [-0.2, -0.15) is 0 Å². The van der Waals surface area contributed by atoms with Crippen LogP contribution >= 0.6 is 19.1 Å². The molecule has 2 rings (SSSR count). The molecule has 0 aliphatic rings. The maximum absolute atomic E-state index is 11.2. The van der Waals surface area contributed by atoms with Crippen molar-refractivity contribution in [3.63, 3.8) is 0 Å². The van der Waals surface area contributed by atoms with E-state index in [4.69, 9.17) is 9.79 Å². The van der Waals surface area contributed by atoms with Gasteiger partial charge in [0.05, 0.1) is 15.1 Å². The second kappa shape index (κ2) is 5.13. The summed E-state index contributed by atoms with van der Waals surface area (Å²) in [6.45, 7) is 0. The number of nitrogens with one attached hydrogen (secondary N) is 2. The minimum atomic E-state index is -4.69. The summed E-state index contributed by atoms with van der Waals surface area (Å²) in [6.07, 6.45) is 0. The molecule has 2 amide bonds. The largest absolute Gasteiger partial charge is 0.431 e. The Balaban J connectivity index is 2.22. The Morgan fingerprint density at radius 3 is 2.75 bits per heavy atom. The van der Waals surface area contributed by atoms with E-state index in [1.807, 2.05) is 0 Å². The van der Waals surface area contributed by atoms with Crippen molar-refractivity contribution < 1.29 is 24.1 Å². The standard InChI is InChI=1S/C8H7N4O6PS/c13-7(11-19(16,17)18)10-8-9-5-2-1-4(12(14)15)3-6(5)20-8/h1-3H,(H4,9,10,11,13,16,17,18). The van der Waals surface area contributed by atoms with Crippen molar-refractivity contribution in [2.24, 2.45) is 0 Å². The number of rotatable bonds is 3. The lowest BCUT2D eigenvalue weighted by Crippen LogP contribution is -2.25. The number of urea groups is 1. The number of fused-ring (bicyclic) bond motifs is 1. The van der Waals surface area contributed by atoms with Crippen molar-refractivity contribution in [1.29, 1.82) is 0 Å². The van der Waals surface area contributed by atoms with Crippen LogP contribution in [0.2, 0.25) is 0 Å². The number of nitro groups is 1. The highest BCUT2D eigenvalue weighted by Crippen LogP contribution is 2.31. The average molecular weight is 318 g/mol. The van der Waals surface area contributed by atoms with Gasteiger partial charge in [-0.1, -0.05) is 11.3 Å². The fraction of sp³-hybridized carbons (Fsp3) is 0. The molecule has 0 spiro atoms. The molecule has 10 nitrogen and oxygen atoms in total. The summed E-state index contributed by atoms with van der Waals surface area (Å²) >= 11 is 0.943. The summed E-state index contributed by atoms with van der Waals surface area (Å²) in [5.41, 5.74) is 0.305. The summed E-state index contributed by atoms with van der Waals surface area (Å²) in [7, 11) is -4.69. The van der Waals surface area contributed by atoms with Crippen LogP contribution in [-0.2, 0) is 4.57 Å². The molecule has 106 valence electrons. The summed E-state index contributed by atoms with van der Waals surface area (Å²) in [5, 5.41) is 14.2. The SMILES string of the molecule is O=C(Nc1nc2ccc([N+](=O)[O-])cc2s1)NP(=O)(O)O. The maximum Gasteiger partial charge on any atom is 0.431 e. The van der Waals surface area contributed by atoms with Gasteiger partial charge >= 0.3 is 13.8 Å². The van der Waals surface area contributed by atoms with E-state index in [-0.39, 0.29) is 10.8 Å². The van der Waals surface area contributed by atoms with E-state index in [1.165, 1.54) is 23.3 Å². The van der Waals surface area contributed by atoms with Crippen LogP contribution < -0.4 is 10.4 Å². The molecular weight excluding hydrogens is 311 g/mol. The maximum atomic E-state index is 11.2. The van der Waals surface area contributed by atoms with E-state index < -0.39 is 18.7 Å². The summed E-state index contributed by atoms with van der Waals surface area (Å²) in [5.74, 6) is 0. The number of carbonyl (C=O) groups excluding carboxylic acids is 1. The molecule has 0 fully saturated rings. The van der Waals surface area contributed by atoms with Gasteiger partial charge in [0.2, 0.25) is 0 Å². The molecular formula is C8H7N4O6PS. The first-order chi connectivity index (χ1) is 9.24. The zero-order valence-corrected chi connectivity index (χ0v) is 11.2. The van der Waals surface area contributed by atoms with Crippen LogP contribution in [0.4, 0.5) is 15.6 Å². The number of amides is 2. The van der Waals surface area contributed by atoms with E-state index in [9.17, 15) is 19.5 Å². The Bertz CT molecular complexity index is 740. The molecule has 0 atom stereocenters. The topological polar surface area (TPSA) is 155 Å². The van der Waals surface area contributed by atoms with Crippen LogP contribution in [0.15, 0.2) is 18.2 Å². The molecule has 2 aromatic rings. The lowest BCUT2D eigenvalue weighted by molar-refractivity contribution is -0.384. The lowest BCUT2D eigenvalue weighted by Gasteiger charge is -2.05. The van der Waals surface area contributed by atoms with E-state index >= 15 is 0 Å². The van der Waals surface area contributed by atoms with Gasteiger partial charge in [0.15, 0.2) is 5.13 Å². The third-order valence-corrected chi connectivity index (χ3v) is 3.48. The lowest BCUT2D eigenvalue weighted by atomic mass is 10.3. The molecule has 1 aromatic heterocycles. The Hall–Kier alpha value is -2.07. The zero-order chi connectivity index (χ0) is 14.9. The molecule has 0 saturated carbocycles. The highest BCUT2D eigenvalue weighted by atomic mass is 32.1. The minimum absolute atomic E-state index is 0.0615. The normalized spacial score (nSPS) is 11.3. The van der Waals surface area contributed by atoms with Crippen LogP contribution in [0.1, 0.15) is 0 Å². The number of thiazole rings is 1. The van der Waals surface area contributed by atoms with Crippen LogP contribution in [0.3, 0.4) is 0 Å². The predicted molar refractivity (Wildman–Crippen MR) is 70.5 cm³/mol. The van der Waals surface area contributed by atoms with Crippen molar-refractivity contribution in [1.82, 2.24) is 10.1 Å². The number of nitro benzene ring substituents is 1. The van der Waals surface area contributed by atoms with Crippen molar-refractivity contribution >= 4 is 46.1 Å². The number of benzene rings is 1. The summed E-state index contributed by atoms with van der Waals surface area (Å²) < 4.78 is 11.0. The van der Waals surface area contributed by atoms with Crippen LogP contribution in [-0.4, -0.2) is 25.7 Å². The second-order valence-electron chi connectivity index (χ2n) is 3.54. The minimum Gasteiger partial charge on any atom is -0.308 e. The van der Waals surface area contributed by atoms with Crippen LogP contribution in [0, 0.1) is 10.1 Å². The number of nitrogens with zero attached hydrogens (tertiary/aromatic N) is 2. The fourth-order valence-corrected chi connectivity index (χ4v) is 2.55. The number of hydrogen-bond acceptors (Lipinski definition) is 6. The number of anilines is 1. The number of non-ortho nitro benzene ring substituents is 1. The number of hydrogen-bond donors (Lipinski definition) is 4. The molecule has 0 aliphatic carbocycles. The molecule has 1 heterocycles. The van der Waals surface area contributed by atoms with E-state index in [0.29, 0.717) is 10.2 Å².